The summed E-state index contributed by atoms with van der Waals surface area (Å²) in [6.07, 6.45) is 28.8. The highest BCUT2D eigenvalue weighted by Crippen LogP contribution is 2.60. The predicted molar refractivity (Wildman–Crippen MR) is 142 cm³/mol. The van der Waals surface area contributed by atoms with Gasteiger partial charge in [0.2, 0.25) is 0 Å². The van der Waals surface area contributed by atoms with Crippen molar-refractivity contribution in [2.24, 2.45) is 23.2 Å². The zero-order valence-corrected chi connectivity index (χ0v) is 24.8. The third-order valence-electron chi connectivity index (χ3n) is 9.69. The van der Waals surface area contributed by atoms with Crippen molar-refractivity contribution in [1.82, 2.24) is 0 Å². The Morgan fingerprint density at radius 3 is 1.44 bits per heavy atom. The molecule has 0 saturated heterocycles. The van der Waals surface area contributed by atoms with Gasteiger partial charge in [0.05, 0.1) is 33.6 Å². The Morgan fingerprint density at radius 2 is 1.03 bits per heavy atom. The van der Waals surface area contributed by atoms with Crippen molar-refractivity contribution in [3.63, 3.8) is 0 Å². The van der Waals surface area contributed by atoms with Gasteiger partial charge in [-0.05, 0) is 69.1 Å². The normalized spacial score (nSPS) is 27.7. The molecule has 0 radical (unpaired) electrons. The van der Waals surface area contributed by atoms with Gasteiger partial charge in [-0.15, -0.1) is 0 Å². The first-order chi connectivity index (χ1) is 15.9. The van der Waals surface area contributed by atoms with E-state index in [-0.39, 0.29) is 22.4 Å². The van der Waals surface area contributed by atoms with E-state index in [2.05, 4.69) is 21.0 Å². The van der Waals surface area contributed by atoms with Crippen LogP contribution in [0.2, 0.25) is 0 Å². The lowest BCUT2D eigenvalue weighted by atomic mass is 9.48. The number of quaternary nitrogens is 1. The van der Waals surface area contributed by atoms with Crippen LogP contribution in [-0.4, -0.2) is 37.5 Å². The Balaban J connectivity index is 0.00000408. The molecule has 0 aliphatic heterocycles. The maximum absolute atomic E-state index is 13.3. The van der Waals surface area contributed by atoms with Gasteiger partial charge in [0.1, 0.15) is 5.78 Å². The largest absolute Gasteiger partial charge is 1.00 e. The van der Waals surface area contributed by atoms with E-state index in [1.807, 2.05) is 0 Å². The number of rotatable bonds is 19. The molecule has 4 aliphatic carbocycles. The molecule has 2 nitrogen and oxygen atoms in total. The Hall–Kier alpha value is 0.110. The number of nitrogens with zero attached hydrogens (tertiary/aromatic N) is 1. The van der Waals surface area contributed by atoms with Crippen LogP contribution in [0.25, 0.3) is 0 Å². The summed E-state index contributed by atoms with van der Waals surface area (Å²) in [4.78, 5) is 13.3. The van der Waals surface area contributed by atoms with Crippen molar-refractivity contribution in [3.05, 3.63) is 0 Å². The topological polar surface area (TPSA) is 17.1 Å². The van der Waals surface area contributed by atoms with Gasteiger partial charge in [-0.3, -0.25) is 4.79 Å². The van der Waals surface area contributed by atoms with E-state index in [1.54, 1.807) is 0 Å². The summed E-state index contributed by atoms with van der Waals surface area (Å²) in [6, 6.07) is 0. The first-order valence-electron chi connectivity index (χ1n) is 15.3. The predicted octanol–water partition coefficient (Wildman–Crippen LogP) is 5.72. The lowest BCUT2D eigenvalue weighted by molar-refractivity contribution is -0.890. The zero-order valence-electron chi connectivity index (χ0n) is 23.2. The molecule has 34 heavy (non-hydrogen) atoms. The molecule has 4 rings (SSSR count). The van der Waals surface area contributed by atoms with Crippen LogP contribution in [0, 0.1) is 23.2 Å². The van der Waals surface area contributed by atoms with Gasteiger partial charge in [-0.2, -0.15) is 0 Å². The molecular weight excluding hydrogens is 482 g/mol. The molecule has 0 spiro atoms. The third-order valence-corrected chi connectivity index (χ3v) is 9.69. The van der Waals surface area contributed by atoms with Gasteiger partial charge in [0.25, 0.3) is 0 Å². The fraction of sp³-hybridized carbons (Fsp3) is 0.968. The molecule has 0 aromatic heterocycles. The Kier molecular flexibility index (Phi) is 13.7. The van der Waals surface area contributed by atoms with Crippen LogP contribution in [-0.2, 0) is 4.79 Å². The fourth-order valence-corrected chi connectivity index (χ4v) is 7.97. The minimum atomic E-state index is 0. The van der Waals surface area contributed by atoms with Crippen molar-refractivity contribution in [3.8, 4) is 0 Å². The van der Waals surface area contributed by atoms with E-state index >= 15 is 0 Å². The van der Waals surface area contributed by atoms with Crippen molar-refractivity contribution >= 4 is 5.78 Å². The molecule has 0 amide bonds. The summed E-state index contributed by atoms with van der Waals surface area (Å²) >= 11 is 0. The van der Waals surface area contributed by atoms with E-state index in [9.17, 15) is 4.79 Å². The Morgan fingerprint density at radius 1 is 0.647 bits per heavy atom. The van der Waals surface area contributed by atoms with Gasteiger partial charge in [-0.25, -0.2) is 0 Å². The lowest BCUT2D eigenvalue weighted by Gasteiger charge is -2.56. The smallest absolute Gasteiger partial charge is 0.144 e. The summed E-state index contributed by atoms with van der Waals surface area (Å²) < 4.78 is 1.04. The molecule has 3 heteroatoms. The number of Topliss-reactive ketones (excluding diaryl/α,β-unsaturated/α-hetero) is 1. The van der Waals surface area contributed by atoms with E-state index in [0.29, 0.717) is 5.78 Å². The summed E-state index contributed by atoms with van der Waals surface area (Å²) in [5.74, 6) is 3.31. The Labute approximate surface area is 223 Å². The van der Waals surface area contributed by atoms with Crippen LogP contribution in [0.4, 0.5) is 0 Å². The van der Waals surface area contributed by atoms with E-state index in [0.717, 1.165) is 35.2 Å². The molecule has 0 N–H and O–H groups in total. The van der Waals surface area contributed by atoms with Gasteiger partial charge in [0, 0.05) is 5.41 Å². The van der Waals surface area contributed by atoms with E-state index in [4.69, 9.17) is 0 Å². The van der Waals surface area contributed by atoms with Crippen LogP contribution in [0.1, 0.15) is 142 Å². The monoisotopic (exact) mass is 539 g/mol. The van der Waals surface area contributed by atoms with Crippen LogP contribution < -0.4 is 17.0 Å². The highest BCUT2D eigenvalue weighted by atomic mass is 79.9. The van der Waals surface area contributed by atoms with Crippen LogP contribution in [0.15, 0.2) is 0 Å². The fourth-order valence-electron chi connectivity index (χ4n) is 7.97. The van der Waals surface area contributed by atoms with Crippen molar-refractivity contribution in [1.29, 1.82) is 0 Å². The number of unbranched alkanes of at least 4 members (excludes halogenated alkanes) is 13. The maximum Gasteiger partial charge on any atom is 0.144 e. The summed E-state index contributed by atoms with van der Waals surface area (Å²) in [7, 11) is 4.71. The average Bonchev–Trinajstić information content (AvgIpc) is 2.77. The van der Waals surface area contributed by atoms with Gasteiger partial charge in [0.15, 0.2) is 0 Å². The first-order valence-corrected chi connectivity index (χ1v) is 15.3. The second kappa shape index (κ2) is 15.4. The molecule has 0 heterocycles. The van der Waals surface area contributed by atoms with Crippen molar-refractivity contribution in [2.45, 2.75) is 142 Å². The molecule has 0 atom stereocenters. The number of hydrogen-bond donors (Lipinski definition) is 0. The van der Waals surface area contributed by atoms with E-state index in [1.165, 1.54) is 135 Å². The second-order valence-electron chi connectivity index (χ2n) is 13.4. The molecule has 4 aliphatic rings. The average molecular weight is 541 g/mol. The van der Waals surface area contributed by atoms with Gasteiger partial charge < -0.3 is 21.5 Å². The summed E-state index contributed by atoms with van der Waals surface area (Å²) in [6.45, 7) is 4.59. The first kappa shape index (κ1) is 30.3. The zero-order chi connectivity index (χ0) is 23.6. The number of carbonyl (C=O) groups is 1. The highest BCUT2D eigenvalue weighted by molar-refractivity contribution is 5.85. The molecular formula is C31H58BrNO. The van der Waals surface area contributed by atoms with Crippen LogP contribution in [0.3, 0.4) is 0 Å². The highest BCUT2D eigenvalue weighted by Gasteiger charge is 2.54. The quantitative estimate of drug-likeness (QED) is 0.151. The molecule has 200 valence electrons. The maximum atomic E-state index is 13.3. The number of halogens is 1. The summed E-state index contributed by atoms with van der Waals surface area (Å²) in [5, 5.41) is 0. The van der Waals surface area contributed by atoms with Crippen molar-refractivity contribution < 1.29 is 26.3 Å². The molecule has 4 saturated carbocycles. The number of carbonyl (C=O) groups excluding carboxylic acids is 1. The standard InChI is InChI=1S/C31H58NO.BrH/c1-4-5-6-7-8-9-10-11-12-13-14-15-16-17-19-32(2,3)20-18-30(33)31-24-27-21-28(25-31)23-29(22-27)26-31;/h27-29H,4-26H2,1-3H3;1H/q+1;/p-1. The molecule has 4 bridgehead atoms. The molecule has 0 unspecified atom stereocenters. The molecule has 0 aromatic carbocycles. The summed E-state index contributed by atoms with van der Waals surface area (Å²) in [5.41, 5.74) is 0.115. The molecule has 4 fully saturated rings. The minimum absolute atomic E-state index is 0. The van der Waals surface area contributed by atoms with E-state index < -0.39 is 0 Å². The second-order valence-corrected chi connectivity index (χ2v) is 13.4. The lowest BCUT2D eigenvalue weighted by Crippen LogP contribution is -3.00. The van der Waals surface area contributed by atoms with Crippen LogP contribution >= 0.6 is 0 Å². The Bertz CT molecular complexity index is 536. The van der Waals surface area contributed by atoms with Crippen molar-refractivity contribution in [2.75, 3.05) is 27.2 Å². The molecule has 0 aromatic rings. The third kappa shape index (κ3) is 9.87. The number of hydrogen-bond acceptors (Lipinski definition) is 1. The SMILES string of the molecule is CCCCCCCCCCCCCCCC[N+](C)(C)CCC(=O)C12CC3CC(CC(C3)C1)C2.[Br-]. The number of ketones is 1. The minimum Gasteiger partial charge on any atom is -1.00 e. The van der Waals surface area contributed by atoms with Gasteiger partial charge >= 0.3 is 0 Å². The van der Waals surface area contributed by atoms with Gasteiger partial charge in [-0.1, -0.05) is 84.0 Å². The van der Waals surface area contributed by atoms with Crippen LogP contribution in [0.5, 0.6) is 0 Å².